The van der Waals surface area contributed by atoms with Gasteiger partial charge in [0, 0.05) is 22.4 Å². The van der Waals surface area contributed by atoms with E-state index in [9.17, 15) is 10.1 Å². The van der Waals surface area contributed by atoms with Crippen LogP contribution >= 0.6 is 22.7 Å². The molecule has 1 aromatic carbocycles. The Bertz CT molecular complexity index is 753. The number of ether oxygens (including phenoxy) is 1. The van der Waals surface area contributed by atoms with Crippen LogP contribution in [-0.4, -0.2) is 9.91 Å². The molecule has 0 atom stereocenters. The molecular formula is C14H10N2O3S2. The van der Waals surface area contributed by atoms with Crippen molar-refractivity contribution in [3.63, 3.8) is 0 Å². The zero-order chi connectivity index (χ0) is 14.7. The van der Waals surface area contributed by atoms with Crippen molar-refractivity contribution in [2.45, 2.75) is 6.61 Å². The second-order valence-electron chi connectivity index (χ2n) is 4.20. The van der Waals surface area contributed by atoms with E-state index in [1.54, 1.807) is 34.8 Å². The molecule has 2 aromatic heterocycles. The molecule has 0 unspecified atom stereocenters. The van der Waals surface area contributed by atoms with Crippen LogP contribution < -0.4 is 4.74 Å². The second-order valence-corrected chi connectivity index (χ2v) is 5.84. The molecule has 0 amide bonds. The fourth-order valence-electron chi connectivity index (χ4n) is 1.74. The first-order chi connectivity index (χ1) is 10.2. The highest BCUT2D eigenvalue weighted by molar-refractivity contribution is 7.14. The minimum absolute atomic E-state index is 0.0183. The number of hydrogen-bond acceptors (Lipinski definition) is 6. The molecule has 7 heteroatoms. The van der Waals surface area contributed by atoms with Crippen molar-refractivity contribution >= 4 is 28.4 Å². The van der Waals surface area contributed by atoms with Gasteiger partial charge in [-0.2, -0.15) is 11.3 Å². The predicted molar refractivity (Wildman–Crippen MR) is 82.9 cm³/mol. The maximum atomic E-state index is 10.7. The average Bonchev–Trinajstić information content (AvgIpc) is 3.16. The monoisotopic (exact) mass is 318 g/mol. The van der Waals surface area contributed by atoms with Crippen molar-refractivity contribution in [2.24, 2.45) is 0 Å². The summed E-state index contributed by atoms with van der Waals surface area (Å²) in [6.45, 7) is 0.293. The smallest absolute Gasteiger partial charge is 0.273 e. The van der Waals surface area contributed by atoms with E-state index in [-0.39, 0.29) is 5.69 Å². The summed E-state index contributed by atoms with van der Waals surface area (Å²) >= 11 is 3.19. The van der Waals surface area contributed by atoms with Gasteiger partial charge in [-0.1, -0.05) is 6.07 Å². The van der Waals surface area contributed by atoms with E-state index >= 15 is 0 Å². The maximum absolute atomic E-state index is 10.7. The fraction of sp³-hybridized carbons (Fsp3) is 0.0714. The third-order valence-electron chi connectivity index (χ3n) is 2.74. The molecule has 5 nitrogen and oxygen atoms in total. The quantitative estimate of drug-likeness (QED) is 0.518. The Hall–Kier alpha value is -2.25. The summed E-state index contributed by atoms with van der Waals surface area (Å²) in [4.78, 5) is 14.8. The fourth-order valence-corrected chi connectivity index (χ4v) is 3.25. The number of thiophene rings is 1. The highest BCUT2D eigenvalue weighted by Gasteiger charge is 2.08. The van der Waals surface area contributed by atoms with Gasteiger partial charge in [0.1, 0.15) is 17.4 Å². The van der Waals surface area contributed by atoms with Crippen LogP contribution in [0, 0.1) is 10.1 Å². The van der Waals surface area contributed by atoms with E-state index in [1.165, 1.54) is 12.1 Å². The summed E-state index contributed by atoms with van der Waals surface area (Å²) in [5.74, 6) is 0.467. The molecule has 0 fully saturated rings. The van der Waals surface area contributed by atoms with Gasteiger partial charge in [-0.05, 0) is 17.5 Å². The summed E-state index contributed by atoms with van der Waals surface area (Å²) in [6.07, 6.45) is 0. The van der Waals surface area contributed by atoms with Crippen LogP contribution in [0.3, 0.4) is 0 Å². The lowest BCUT2D eigenvalue weighted by atomic mass is 10.3. The van der Waals surface area contributed by atoms with Crippen molar-refractivity contribution in [1.29, 1.82) is 0 Å². The summed E-state index contributed by atoms with van der Waals surface area (Å²) in [6, 6.07) is 8.16. The lowest BCUT2D eigenvalue weighted by molar-refractivity contribution is -0.384. The third kappa shape index (κ3) is 3.26. The maximum Gasteiger partial charge on any atom is 0.273 e. The lowest BCUT2D eigenvalue weighted by Crippen LogP contribution is -1.96. The number of nitro benzene ring substituents is 1. The molecule has 0 bridgehead atoms. The number of non-ortho nitro benzene ring substituents is 1. The minimum Gasteiger partial charge on any atom is -0.487 e. The standard InChI is InChI=1S/C14H10N2O3S2/c17-16(18)12-2-1-3-13(6-12)19-7-11-9-21-14(15-11)10-4-5-20-8-10/h1-6,8-9H,7H2. The molecule has 106 valence electrons. The number of nitrogens with zero attached hydrogens (tertiary/aromatic N) is 2. The van der Waals surface area contributed by atoms with Gasteiger partial charge in [-0.15, -0.1) is 11.3 Å². The van der Waals surface area contributed by atoms with E-state index in [0.29, 0.717) is 12.4 Å². The topological polar surface area (TPSA) is 65.3 Å². The molecular weight excluding hydrogens is 308 g/mol. The molecule has 0 saturated carbocycles. The van der Waals surface area contributed by atoms with Crippen LogP contribution in [-0.2, 0) is 6.61 Å². The molecule has 0 aliphatic heterocycles. The molecule has 2 heterocycles. The minimum atomic E-state index is -0.440. The zero-order valence-electron chi connectivity index (χ0n) is 10.8. The Morgan fingerprint density at radius 3 is 2.95 bits per heavy atom. The van der Waals surface area contributed by atoms with Crippen LogP contribution in [0.5, 0.6) is 5.75 Å². The van der Waals surface area contributed by atoms with Gasteiger partial charge in [0.05, 0.1) is 16.7 Å². The first-order valence-corrected chi connectivity index (χ1v) is 7.89. The van der Waals surface area contributed by atoms with Gasteiger partial charge < -0.3 is 4.74 Å². The molecule has 21 heavy (non-hydrogen) atoms. The predicted octanol–water partition coefficient (Wildman–Crippen LogP) is 4.36. The van der Waals surface area contributed by atoms with E-state index < -0.39 is 4.92 Å². The van der Waals surface area contributed by atoms with Crippen molar-refractivity contribution < 1.29 is 9.66 Å². The number of rotatable bonds is 5. The molecule has 3 rings (SSSR count). The molecule has 0 aliphatic rings. The number of benzene rings is 1. The Balaban J connectivity index is 1.68. The number of nitro groups is 1. The largest absolute Gasteiger partial charge is 0.487 e. The van der Waals surface area contributed by atoms with E-state index in [1.807, 2.05) is 22.2 Å². The summed E-state index contributed by atoms with van der Waals surface area (Å²) in [5.41, 5.74) is 1.93. The van der Waals surface area contributed by atoms with Gasteiger partial charge in [-0.25, -0.2) is 4.98 Å². The van der Waals surface area contributed by atoms with Crippen LogP contribution in [0.2, 0.25) is 0 Å². The molecule has 0 saturated heterocycles. The molecule has 0 spiro atoms. The average molecular weight is 318 g/mol. The summed E-state index contributed by atoms with van der Waals surface area (Å²) in [5, 5.41) is 17.6. The van der Waals surface area contributed by atoms with Gasteiger partial charge in [0.2, 0.25) is 0 Å². The Morgan fingerprint density at radius 1 is 1.29 bits per heavy atom. The lowest BCUT2D eigenvalue weighted by Gasteiger charge is -2.03. The van der Waals surface area contributed by atoms with E-state index in [0.717, 1.165) is 16.3 Å². The number of aromatic nitrogens is 1. The zero-order valence-corrected chi connectivity index (χ0v) is 12.4. The Kier molecular flexibility index (Phi) is 3.94. The summed E-state index contributed by atoms with van der Waals surface area (Å²) < 4.78 is 5.56. The molecule has 3 aromatic rings. The first kappa shape index (κ1) is 13.7. The van der Waals surface area contributed by atoms with Crippen molar-refractivity contribution in [2.75, 3.05) is 0 Å². The second kappa shape index (κ2) is 6.02. The van der Waals surface area contributed by atoms with E-state index in [2.05, 4.69) is 4.98 Å². The van der Waals surface area contributed by atoms with Crippen LogP contribution in [0.25, 0.3) is 10.6 Å². The summed E-state index contributed by atoms with van der Waals surface area (Å²) in [7, 11) is 0. The third-order valence-corrected chi connectivity index (χ3v) is 4.36. The van der Waals surface area contributed by atoms with E-state index in [4.69, 9.17) is 4.74 Å². The first-order valence-electron chi connectivity index (χ1n) is 6.06. The molecule has 0 radical (unpaired) electrons. The molecule has 0 N–H and O–H groups in total. The highest BCUT2D eigenvalue weighted by Crippen LogP contribution is 2.26. The van der Waals surface area contributed by atoms with Crippen molar-refractivity contribution in [3.05, 3.63) is 62.3 Å². The Labute approximate surface area is 128 Å². The van der Waals surface area contributed by atoms with Gasteiger partial charge in [0.15, 0.2) is 0 Å². The van der Waals surface area contributed by atoms with Crippen LogP contribution in [0.4, 0.5) is 5.69 Å². The van der Waals surface area contributed by atoms with Crippen LogP contribution in [0.1, 0.15) is 5.69 Å². The highest BCUT2D eigenvalue weighted by atomic mass is 32.1. The molecule has 0 aliphatic carbocycles. The van der Waals surface area contributed by atoms with Crippen LogP contribution in [0.15, 0.2) is 46.5 Å². The SMILES string of the molecule is O=[N+]([O-])c1cccc(OCc2csc(-c3ccsc3)n2)c1. The number of thiazole rings is 1. The normalized spacial score (nSPS) is 10.5. The van der Waals surface area contributed by atoms with Gasteiger partial charge >= 0.3 is 0 Å². The van der Waals surface area contributed by atoms with Crippen molar-refractivity contribution in [3.8, 4) is 16.3 Å². The van der Waals surface area contributed by atoms with Gasteiger partial charge in [-0.3, -0.25) is 10.1 Å². The van der Waals surface area contributed by atoms with Gasteiger partial charge in [0.25, 0.3) is 5.69 Å². The number of hydrogen-bond donors (Lipinski definition) is 0. The van der Waals surface area contributed by atoms with Crippen molar-refractivity contribution in [1.82, 2.24) is 4.98 Å². The Morgan fingerprint density at radius 2 is 2.19 bits per heavy atom.